The van der Waals surface area contributed by atoms with Crippen molar-refractivity contribution >= 4 is 34.4 Å². The van der Waals surface area contributed by atoms with Gasteiger partial charge in [-0.1, -0.05) is 36.4 Å². The van der Waals surface area contributed by atoms with E-state index in [4.69, 9.17) is 5.21 Å². The molecule has 1 heterocycles. The number of hydrogen-bond donors (Lipinski definition) is 1. The van der Waals surface area contributed by atoms with Crippen molar-refractivity contribution in [3.8, 4) is 0 Å². The first kappa shape index (κ1) is 11.9. The molecular formula is C9H14INO3. The van der Waals surface area contributed by atoms with Crippen LogP contribution in [0.15, 0.2) is 0 Å². The minimum Gasteiger partial charge on any atom is -0.279 e. The monoisotopic (exact) mass is 311 g/mol. The van der Waals surface area contributed by atoms with Gasteiger partial charge in [-0.3, -0.25) is 14.8 Å². The molecule has 1 N–H and O–H groups in total. The lowest BCUT2D eigenvalue weighted by Gasteiger charge is -2.29. The number of halogens is 1. The van der Waals surface area contributed by atoms with Crippen LogP contribution in [0.25, 0.3) is 0 Å². The Morgan fingerprint density at radius 2 is 2.00 bits per heavy atom. The summed E-state index contributed by atoms with van der Waals surface area (Å²) in [5, 5.41) is 9.39. The van der Waals surface area contributed by atoms with Crippen molar-refractivity contribution in [1.29, 1.82) is 0 Å². The topological polar surface area (TPSA) is 57.6 Å². The zero-order chi connectivity index (χ0) is 10.9. The Morgan fingerprint density at radius 3 is 2.29 bits per heavy atom. The lowest BCUT2D eigenvalue weighted by atomic mass is 9.86. The molecule has 5 heteroatoms. The summed E-state index contributed by atoms with van der Waals surface area (Å²) in [6.45, 7) is 3.99. The van der Waals surface area contributed by atoms with Crippen LogP contribution in [-0.4, -0.2) is 25.5 Å². The molecule has 0 radical (unpaired) electrons. The molecule has 4 nitrogen and oxygen atoms in total. The molecule has 1 aliphatic heterocycles. The Bertz CT molecular complexity index is 263. The van der Waals surface area contributed by atoms with Gasteiger partial charge in [0.25, 0.3) is 11.8 Å². The fraction of sp³-hybridized carbons (Fsp3) is 0.778. The minimum atomic E-state index is -0.483. The third-order valence-corrected chi connectivity index (χ3v) is 5.20. The van der Waals surface area contributed by atoms with E-state index in [1.165, 1.54) is 0 Å². The molecule has 80 valence electrons. The van der Waals surface area contributed by atoms with Crippen molar-refractivity contribution in [2.75, 3.05) is 0 Å². The molecule has 0 spiro atoms. The molecule has 2 amide bonds. The average Bonchev–Trinajstić information content (AvgIpc) is 2.45. The summed E-state index contributed by atoms with van der Waals surface area (Å²) in [6.07, 6.45) is 1.78. The first-order valence-electron chi connectivity index (χ1n) is 4.70. The lowest BCUT2D eigenvalue weighted by Crippen LogP contribution is -2.36. The van der Waals surface area contributed by atoms with Crippen LogP contribution in [0, 0.1) is 5.92 Å². The molecular weight excluding hydrogens is 297 g/mol. The predicted molar refractivity (Wildman–Crippen MR) is 59.1 cm³/mol. The highest BCUT2D eigenvalue weighted by atomic mass is 127. The highest BCUT2D eigenvalue weighted by Crippen LogP contribution is 2.41. The predicted octanol–water partition coefficient (Wildman–Crippen LogP) is 1.74. The fourth-order valence-corrected chi connectivity index (χ4v) is 2.25. The summed E-state index contributed by atoms with van der Waals surface area (Å²) in [4.78, 5) is 22.7. The largest absolute Gasteiger partial charge is 0.279 e. The zero-order valence-corrected chi connectivity index (χ0v) is 10.4. The van der Waals surface area contributed by atoms with Crippen LogP contribution in [0.1, 0.15) is 33.1 Å². The van der Waals surface area contributed by atoms with Gasteiger partial charge in [0.05, 0.1) is 5.92 Å². The van der Waals surface area contributed by atoms with Crippen LogP contribution >= 0.6 is 22.6 Å². The number of imide groups is 1. The van der Waals surface area contributed by atoms with Crippen LogP contribution in [0.4, 0.5) is 0 Å². The number of hydrogen-bond acceptors (Lipinski definition) is 3. The standard InChI is InChI=1S/C9H14INO3/c1-3-9(10,4-2)6-5-7(12)11(14)8(6)13/h6,14H,3-5H2,1-2H3. The van der Waals surface area contributed by atoms with Gasteiger partial charge in [0.2, 0.25) is 0 Å². The Labute approximate surface area is 96.7 Å². The van der Waals surface area contributed by atoms with E-state index in [2.05, 4.69) is 22.6 Å². The van der Waals surface area contributed by atoms with Crippen LogP contribution < -0.4 is 0 Å². The van der Waals surface area contributed by atoms with Gasteiger partial charge in [0.1, 0.15) is 0 Å². The molecule has 0 saturated carbocycles. The molecule has 1 saturated heterocycles. The van der Waals surface area contributed by atoms with Crippen molar-refractivity contribution in [2.24, 2.45) is 5.92 Å². The van der Waals surface area contributed by atoms with Crippen molar-refractivity contribution < 1.29 is 14.8 Å². The first-order chi connectivity index (χ1) is 6.46. The quantitative estimate of drug-likeness (QED) is 0.374. The number of carbonyl (C=O) groups is 2. The van der Waals surface area contributed by atoms with Crippen molar-refractivity contribution in [3.63, 3.8) is 0 Å². The van der Waals surface area contributed by atoms with Gasteiger partial charge in [-0.15, -0.1) is 0 Å². The van der Waals surface area contributed by atoms with E-state index < -0.39 is 11.8 Å². The summed E-state index contributed by atoms with van der Waals surface area (Å²) >= 11 is 2.23. The smallest absolute Gasteiger partial charge is 0.258 e. The maximum atomic E-state index is 11.5. The molecule has 0 aromatic carbocycles. The SMILES string of the molecule is CCC(I)(CC)C1CC(=O)N(O)C1=O. The van der Waals surface area contributed by atoms with Crippen LogP contribution in [0.5, 0.6) is 0 Å². The number of carbonyl (C=O) groups excluding carboxylic acids is 2. The second-order valence-corrected chi connectivity index (χ2v) is 5.69. The second kappa shape index (κ2) is 4.14. The minimum absolute atomic E-state index is 0.139. The number of alkyl halides is 1. The van der Waals surface area contributed by atoms with Gasteiger partial charge in [-0.25, -0.2) is 0 Å². The molecule has 0 aromatic rings. The van der Waals surface area contributed by atoms with E-state index in [1.54, 1.807) is 0 Å². The lowest BCUT2D eigenvalue weighted by molar-refractivity contribution is -0.172. The number of amides is 2. The van der Waals surface area contributed by atoms with E-state index in [0.717, 1.165) is 12.8 Å². The molecule has 1 aliphatic rings. The maximum absolute atomic E-state index is 11.5. The van der Waals surface area contributed by atoms with E-state index in [0.29, 0.717) is 0 Å². The molecule has 0 aromatic heterocycles. The highest BCUT2D eigenvalue weighted by molar-refractivity contribution is 14.1. The third-order valence-electron chi connectivity index (χ3n) is 2.92. The van der Waals surface area contributed by atoms with Crippen LogP contribution in [0.3, 0.4) is 0 Å². The van der Waals surface area contributed by atoms with E-state index in [9.17, 15) is 9.59 Å². The Kier molecular flexibility index (Phi) is 3.52. The van der Waals surface area contributed by atoms with E-state index in [1.807, 2.05) is 13.8 Å². The second-order valence-electron chi connectivity index (χ2n) is 3.54. The van der Waals surface area contributed by atoms with Gasteiger partial charge < -0.3 is 0 Å². The molecule has 1 rings (SSSR count). The van der Waals surface area contributed by atoms with E-state index in [-0.39, 0.29) is 20.8 Å². The number of hydroxylamine groups is 2. The molecule has 1 atom stereocenters. The zero-order valence-electron chi connectivity index (χ0n) is 8.29. The molecule has 1 unspecified atom stereocenters. The first-order valence-corrected chi connectivity index (χ1v) is 5.78. The maximum Gasteiger partial charge on any atom is 0.258 e. The van der Waals surface area contributed by atoms with E-state index >= 15 is 0 Å². The summed E-state index contributed by atoms with van der Waals surface area (Å²) in [5.74, 6) is -1.30. The average molecular weight is 311 g/mol. The van der Waals surface area contributed by atoms with Gasteiger partial charge in [0, 0.05) is 9.84 Å². The molecule has 0 aliphatic carbocycles. The number of rotatable bonds is 3. The normalized spacial score (nSPS) is 23.4. The van der Waals surface area contributed by atoms with Gasteiger partial charge in [0.15, 0.2) is 0 Å². The summed E-state index contributed by atoms with van der Waals surface area (Å²) in [6, 6.07) is 0. The Hall–Kier alpha value is -0.170. The summed E-state index contributed by atoms with van der Waals surface area (Å²) in [7, 11) is 0. The van der Waals surface area contributed by atoms with Crippen molar-refractivity contribution in [3.05, 3.63) is 0 Å². The summed E-state index contributed by atoms with van der Waals surface area (Å²) in [5.41, 5.74) is 0. The third kappa shape index (κ3) is 1.79. The van der Waals surface area contributed by atoms with Gasteiger partial charge in [-0.2, -0.15) is 5.06 Å². The molecule has 14 heavy (non-hydrogen) atoms. The molecule has 1 fully saturated rings. The van der Waals surface area contributed by atoms with Gasteiger partial charge in [-0.05, 0) is 12.8 Å². The fourth-order valence-electron chi connectivity index (χ4n) is 1.77. The summed E-state index contributed by atoms with van der Waals surface area (Å²) < 4.78 is -0.206. The van der Waals surface area contributed by atoms with Gasteiger partial charge >= 0.3 is 0 Å². The Balaban J connectivity index is 2.90. The number of nitrogens with zero attached hydrogens (tertiary/aromatic N) is 1. The van der Waals surface area contributed by atoms with Crippen molar-refractivity contribution in [2.45, 2.75) is 36.5 Å². The van der Waals surface area contributed by atoms with Crippen LogP contribution in [-0.2, 0) is 9.59 Å². The Morgan fingerprint density at radius 1 is 1.50 bits per heavy atom. The van der Waals surface area contributed by atoms with Crippen molar-refractivity contribution in [1.82, 2.24) is 5.06 Å². The highest BCUT2D eigenvalue weighted by Gasteiger charge is 2.48. The van der Waals surface area contributed by atoms with Crippen LogP contribution in [0.2, 0.25) is 0 Å². The molecule has 0 bridgehead atoms.